The molecular formula is C11H9FN4O4S. The van der Waals surface area contributed by atoms with Gasteiger partial charge in [0.05, 0.1) is 21.7 Å². The number of nitrogens with one attached hydrogen (secondary N) is 1. The molecule has 0 unspecified atom stereocenters. The minimum Gasteiger partial charge on any atom is -0.384 e. The minimum absolute atomic E-state index is 0.121. The van der Waals surface area contributed by atoms with Crippen LogP contribution < -0.4 is 10.5 Å². The van der Waals surface area contributed by atoms with Crippen LogP contribution in [-0.4, -0.2) is 18.3 Å². The van der Waals surface area contributed by atoms with Crippen LogP contribution in [0.15, 0.2) is 41.4 Å². The van der Waals surface area contributed by atoms with Crippen molar-refractivity contribution in [1.82, 2.24) is 4.98 Å². The molecule has 1 aromatic heterocycles. The maximum Gasteiger partial charge on any atom is 0.306 e. The molecule has 0 amide bonds. The van der Waals surface area contributed by atoms with E-state index in [9.17, 15) is 22.9 Å². The van der Waals surface area contributed by atoms with E-state index in [1.165, 1.54) is 18.3 Å². The zero-order valence-electron chi connectivity index (χ0n) is 10.4. The van der Waals surface area contributed by atoms with Crippen molar-refractivity contribution < 1.29 is 17.7 Å². The second kappa shape index (κ2) is 5.32. The van der Waals surface area contributed by atoms with E-state index >= 15 is 0 Å². The van der Waals surface area contributed by atoms with Gasteiger partial charge in [0.2, 0.25) is 5.82 Å². The zero-order chi connectivity index (χ0) is 15.6. The van der Waals surface area contributed by atoms with Crippen LogP contribution in [0, 0.1) is 15.9 Å². The second-order valence-electron chi connectivity index (χ2n) is 3.95. The van der Waals surface area contributed by atoms with Crippen molar-refractivity contribution in [3.05, 3.63) is 52.5 Å². The molecule has 0 fully saturated rings. The number of nitro groups is 1. The molecule has 0 aliphatic carbocycles. The quantitative estimate of drug-likeness (QED) is 0.650. The summed E-state index contributed by atoms with van der Waals surface area (Å²) < 4.78 is 39.5. The highest BCUT2D eigenvalue weighted by Crippen LogP contribution is 2.23. The Morgan fingerprint density at radius 1 is 1.29 bits per heavy atom. The van der Waals surface area contributed by atoms with Crippen LogP contribution in [0.2, 0.25) is 0 Å². The first-order chi connectivity index (χ1) is 9.79. The average molecular weight is 312 g/mol. The Morgan fingerprint density at radius 2 is 2.00 bits per heavy atom. The number of pyridine rings is 1. The molecule has 0 bridgehead atoms. The number of hydrogen-bond donors (Lipinski definition) is 2. The molecule has 0 saturated carbocycles. The Kier molecular flexibility index (Phi) is 3.72. The fourth-order valence-corrected chi connectivity index (χ4v) is 2.54. The van der Waals surface area contributed by atoms with Crippen LogP contribution >= 0.6 is 0 Å². The lowest BCUT2D eigenvalue weighted by molar-refractivity contribution is -0.387. The molecule has 0 aliphatic heterocycles. The van der Waals surface area contributed by atoms with Crippen LogP contribution in [0.25, 0.3) is 0 Å². The highest BCUT2D eigenvalue weighted by Gasteiger charge is 2.21. The lowest BCUT2D eigenvalue weighted by Gasteiger charge is -2.08. The first-order valence-electron chi connectivity index (χ1n) is 5.48. The van der Waals surface area contributed by atoms with Crippen LogP contribution in [0.3, 0.4) is 0 Å². The Morgan fingerprint density at radius 3 is 2.57 bits per heavy atom. The van der Waals surface area contributed by atoms with Crippen molar-refractivity contribution in [2.45, 2.75) is 4.90 Å². The van der Waals surface area contributed by atoms with Gasteiger partial charge in [-0.2, -0.15) is 4.39 Å². The molecule has 3 N–H and O–H groups in total. The van der Waals surface area contributed by atoms with Crippen molar-refractivity contribution in [3.8, 4) is 0 Å². The Bertz CT molecular complexity index is 792. The summed E-state index contributed by atoms with van der Waals surface area (Å²) in [6, 6.07) is 5.04. The van der Waals surface area contributed by atoms with E-state index in [1.54, 1.807) is 0 Å². The molecule has 1 heterocycles. The molecule has 0 atom stereocenters. The lowest BCUT2D eigenvalue weighted by Crippen LogP contribution is -2.13. The van der Waals surface area contributed by atoms with Crippen LogP contribution in [-0.2, 0) is 10.0 Å². The summed E-state index contributed by atoms with van der Waals surface area (Å²) in [4.78, 5) is 12.9. The van der Waals surface area contributed by atoms with E-state index in [1.807, 2.05) is 0 Å². The van der Waals surface area contributed by atoms with E-state index in [2.05, 4.69) is 9.71 Å². The number of nitrogen functional groups attached to an aromatic ring is 1. The molecule has 0 radical (unpaired) electrons. The molecule has 1 aromatic carbocycles. The standard InChI is InChI=1S/C11H9FN4O4S/c12-9-3-2-8(5-10(9)16(17)18)21(19,20)15-7-1-4-11(13)14-6-7/h1-6,15H,(H2,13,14). The van der Waals surface area contributed by atoms with Crippen LogP contribution in [0.4, 0.5) is 21.6 Å². The average Bonchev–Trinajstić information content (AvgIpc) is 2.41. The van der Waals surface area contributed by atoms with E-state index < -0.39 is 31.3 Å². The lowest BCUT2D eigenvalue weighted by atomic mass is 10.3. The number of anilines is 2. The largest absolute Gasteiger partial charge is 0.384 e. The van der Waals surface area contributed by atoms with Gasteiger partial charge in [-0.05, 0) is 24.3 Å². The molecule has 0 saturated heterocycles. The van der Waals surface area contributed by atoms with Gasteiger partial charge < -0.3 is 5.73 Å². The van der Waals surface area contributed by atoms with Crippen molar-refractivity contribution in [3.63, 3.8) is 0 Å². The summed E-state index contributed by atoms with van der Waals surface area (Å²) >= 11 is 0. The van der Waals surface area contributed by atoms with Crippen molar-refractivity contribution >= 4 is 27.2 Å². The predicted molar refractivity (Wildman–Crippen MR) is 72.5 cm³/mol. The Hall–Kier alpha value is -2.75. The van der Waals surface area contributed by atoms with E-state index in [-0.39, 0.29) is 11.5 Å². The number of benzene rings is 1. The molecule has 0 aliphatic rings. The van der Waals surface area contributed by atoms with Crippen LogP contribution in [0.1, 0.15) is 0 Å². The summed E-state index contributed by atoms with van der Waals surface area (Å²) in [5.41, 5.74) is 4.56. The molecule has 10 heteroatoms. The van der Waals surface area contributed by atoms with E-state index in [0.29, 0.717) is 12.1 Å². The third kappa shape index (κ3) is 3.23. The molecule has 2 aromatic rings. The number of sulfonamides is 1. The smallest absolute Gasteiger partial charge is 0.306 e. The SMILES string of the molecule is Nc1ccc(NS(=O)(=O)c2ccc(F)c([N+](=O)[O-])c2)cn1. The number of nitrogens with two attached hydrogens (primary N) is 1. The van der Waals surface area contributed by atoms with Gasteiger partial charge in [0, 0.05) is 6.07 Å². The molecule has 110 valence electrons. The number of rotatable bonds is 4. The first-order valence-corrected chi connectivity index (χ1v) is 6.96. The van der Waals surface area contributed by atoms with Gasteiger partial charge in [0.1, 0.15) is 5.82 Å². The number of aromatic nitrogens is 1. The predicted octanol–water partition coefficient (Wildman–Crippen LogP) is 1.51. The first kappa shape index (κ1) is 14.7. The summed E-state index contributed by atoms with van der Waals surface area (Å²) in [6.07, 6.45) is 1.19. The van der Waals surface area contributed by atoms with Gasteiger partial charge in [0.25, 0.3) is 10.0 Å². The van der Waals surface area contributed by atoms with Gasteiger partial charge in [-0.1, -0.05) is 0 Å². The van der Waals surface area contributed by atoms with Gasteiger partial charge >= 0.3 is 5.69 Å². The van der Waals surface area contributed by atoms with Gasteiger partial charge in [-0.3, -0.25) is 14.8 Å². The molecular weight excluding hydrogens is 303 g/mol. The van der Waals surface area contributed by atoms with Crippen molar-refractivity contribution in [1.29, 1.82) is 0 Å². The maximum absolute atomic E-state index is 13.2. The summed E-state index contributed by atoms with van der Waals surface area (Å²) in [6.45, 7) is 0. The van der Waals surface area contributed by atoms with E-state index in [0.717, 1.165) is 6.07 Å². The maximum atomic E-state index is 13.2. The van der Waals surface area contributed by atoms with Crippen molar-refractivity contribution in [2.24, 2.45) is 0 Å². The summed E-state index contributed by atoms with van der Waals surface area (Å²) in [7, 11) is -4.10. The zero-order valence-corrected chi connectivity index (χ0v) is 11.2. The highest BCUT2D eigenvalue weighted by atomic mass is 32.2. The number of nitro benzene ring substituents is 1. The van der Waals surface area contributed by atoms with E-state index in [4.69, 9.17) is 5.73 Å². The number of nitrogens with zero attached hydrogens (tertiary/aromatic N) is 2. The second-order valence-corrected chi connectivity index (χ2v) is 5.63. The third-order valence-corrected chi connectivity index (χ3v) is 3.84. The number of hydrogen-bond acceptors (Lipinski definition) is 6. The van der Waals surface area contributed by atoms with Crippen molar-refractivity contribution in [2.75, 3.05) is 10.5 Å². The fourth-order valence-electron chi connectivity index (χ4n) is 1.48. The minimum atomic E-state index is -4.10. The summed E-state index contributed by atoms with van der Waals surface area (Å²) in [5.74, 6) is -0.913. The summed E-state index contributed by atoms with van der Waals surface area (Å²) in [5, 5.41) is 10.6. The van der Waals surface area contributed by atoms with Gasteiger partial charge in [-0.15, -0.1) is 0 Å². The highest BCUT2D eigenvalue weighted by molar-refractivity contribution is 7.92. The third-order valence-electron chi connectivity index (χ3n) is 2.46. The molecule has 8 nitrogen and oxygen atoms in total. The molecule has 0 spiro atoms. The Labute approximate surface area is 118 Å². The normalized spacial score (nSPS) is 11.1. The van der Waals surface area contributed by atoms with Gasteiger partial charge in [0.15, 0.2) is 0 Å². The molecule has 2 rings (SSSR count). The van der Waals surface area contributed by atoms with Gasteiger partial charge in [-0.25, -0.2) is 13.4 Å². The monoisotopic (exact) mass is 312 g/mol. The fraction of sp³-hybridized carbons (Fsp3) is 0. The Balaban J connectivity index is 2.38. The topological polar surface area (TPSA) is 128 Å². The molecule has 21 heavy (non-hydrogen) atoms. The number of halogens is 1. The van der Waals surface area contributed by atoms with Crippen LogP contribution in [0.5, 0.6) is 0 Å².